The summed E-state index contributed by atoms with van der Waals surface area (Å²) in [6, 6.07) is 6.99. The van der Waals surface area contributed by atoms with Gasteiger partial charge in [0.25, 0.3) is 11.8 Å². The Morgan fingerprint density at radius 1 is 1.18 bits per heavy atom. The molecule has 3 aromatic rings. The highest BCUT2D eigenvalue weighted by atomic mass is 16.5. The molecule has 2 aromatic heterocycles. The minimum Gasteiger partial charge on any atom is -0.349 e. The summed E-state index contributed by atoms with van der Waals surface area (Å²) in [7, 11) is 3.27. The van der Waals surface area contributed by atoms with Gasteiger partial charge in [-0.2, -0.15) is 4.98 Å². The standard InChI is InChI=1S/C21H26N8O4/c1-4-9-28(21(32)16-7-5-6-15(11-16)19-23-14-33-25-19)10-8-22-20(31)17-12-29(26-24-17)13-18(30)27(2)3/h5-7,11-12,14H,4,8-10,13H2,1-3H3,(H,22,31). The zero-order valence-electron chi connectivity index (χ0n) is 18.8. The van der Waals surface area contributed by atoms with Crippen molar-refractivity contribution in [3.8, 4) is 11.4 Å². The van der Waals surface area contributed by atoms with Crippen molar-refractivity contribution in [1.29, 1.82) is 0 Å². The Morgan fingerprint density at radius 2 is 2.00 bits per heavy atom. The normalized spacial score (nSPS) is 10.6. The number of rotatable bonds is 10. The summed E-state index contributed by atoms with van der Waals surface area (Å²) in [6.07, 6.45) is 3.40. The van der Waals surface area contributed by atoms with Crippen molar-refractivity contribution in [2.75, 3.05) is 33.7 Å². The highest BCUT2D eigenvalue weighted by molar-refractivity contribution is 5.95. The van der Waals surface area contributed by atoms with Crippen LogP contribution in [0.2, 0.25) is 0 Å². The molecular formula is C21H26N8O4. The second kappa shape index (κ2) is 11.0. The van der Waals surface area contributed by atoms with E-state index < -0.39 is 5.91 Å². The molecular weight excluding hydrogens is 428 g/mol. The van der Waals surface area contributed by atoms with Gasteiger partial charge in [-0.15, -0.1) is 5.10 Å². The van der Waals surface area contributed by atoms with Crippen LogP contribution in [0.25, 0.3) is 11.4 Å². The summed E-state index contributed by atoms with van der Waals surface area (Å²) in [6.45, 7) is 3.05. The molecule has 0 unspecified atom stereocenters. The zero-order chi connectivity index (χ0) is 23.8. The third-order valence-electron chi connectivity index (χ3n) is 4.74. The van der Waals surface area contributed by atoms with Crippen molar-refractivity contribution < 1.29 is 18.9 Å². The summed E-state index contributed by atoms with van der Waals surface area (Å²) in [5.41, 5.74) is 1.27. The van der Waals surface area contributed by atoms with Gasteiger partial charge in [0.2, 0.25) is 18.1 Å². The number of nitrogens with zero attached hydrogens (tertiary/aromatic N) is 7. The Morgan fingerprint density at radius 3 is 2.70 bits per heavy atom. The van der Waals surface area contributed by atoms with E-state index in [0.717, 1.165) is 6.42 Å². The molecule has 0 saturated heterocycles. The molecule has 0 radical (unpaired) electrons. The van der Waals surface area contributed by atoms with E-state index in [1.54, 1.807) is 43.3 Å². The lowest BCUT2D eigenvalue weighted by atomic mass is 10.1. The monoisotopic (exact) mass is 454 g/mol. The average molecular weight is 454 g/mol. The number of aromatic nitrogens is 5. The number of amides is 3. The van der Waals surface area contributed by atoms with E-state index in [0.29, 0.717) is 30.0 Å². The van der Waals surface area contributed by atoms with Crippen molar-refractivity contribution in [2.45, 2.75) is 19.9 Å². The van der Waals surface area contributed by atoms with Crippen LogP contribution in [0.3, 0.4) is 0 Å². The summed E-state index contributed by atoms with van der Waals surface area (Å²) in [4.78, 5) is 44.3. The van der Waals surface area contributed by atoms with Crippen molar-refractivity contribution in [3.05, 3.63) is 48.1 Å². The molecule has 3 amide bonds. The van der Waals surface area contributed by atoms with Crippen molar-refractivity contribution in [2.24, 2.45) is 0 Å². The third-order valence-corrected chi connectivity index (χ3v) is 4.74. The number of nitrogens with one attached hydrogen (secondary N) is 1. The van der Waals surface area contributed by atoms with Crippen LogP contribution in [0.5, 0.6) is 0 Å². The van der Waals surface area contributed by atoms with E-state index in [2.05, 4.69) is 25.8 Å². The van der Waals surface area contributed by atoms with Gasteiger partial charge < -0.3 is 19.6 Å². The van der Waals surface area contributed by atoms with Crippen LogP contribution < -0.4 is 5.32 Å². The topological polar surface area (TPSA) is 139 Å². The number of benzene rings is 1. The minimum absolute atomic E-state index is 0.00498. The molecule has 2 heterocycles. The van der Waals surface area contributed by atoms with Gasteiger partial charge in [0, 0.05) is 44.9 Å². The largest absolute Gasteiger partial charge is 0.349 e. The van der Waals surface area contributed by atoms with Crippen LogP contribution in [0.1, 0.15) is 34.2 Å². The first-order valence-electron chi connectivity index (χ1n) is 10.4. The maximum Gasteiger partial charge on any atom is 0.273 e. The van der Waals surface area contributed by atoms with Crippen LogP contribution in [0, 0.1) is 0 Å². The van der Waals surface area contributed by atoms with Gasteiger partial charge in [-0.3, -0.25) is 14.4 Å². The zero-order valence-corrected chi connectivity index (χ0v) is 18.8. The van der Waals surface area contributed by atoms with Gasteiger partial charge >= 0.3 is 0 Å². The van der Waals surface area contributed by atoms with E-state index >= 15 is 0 Å². The fraction of sp³-hybridized carbons (Fsp3) is 0.381. The van der Waals surface area contributed by atoms with E-state index in [1.165, 1.54) is 22.2 Å². The summed E-state index contributed by atoms with van der Waals surface area (Å²) in [5, 5.41) is 14.2. The van der Waals surface area contributed by atoms with Crippen LogP contribution in [-0.2, 0) is 11.3 Å². The molecule has 12 nitrogen and oxygen atoms in total. The summed E-state index contributed by atoms with van der Waals surface area (Å²) >= 11 is 0. The van der Waals surface area contributed by atoms with Gasteiger partial charge in [-0.25, -0.2) is 4.68 Å². The average Bonchev–Trinajstić information content (AvgIpc) is 3.50. The van der Waals surface area contributed by atoms with Gasteiger partial charge in [0.05, 0.1) is 6.20 Å². The number of likely N-dealkylation sites (N-methyl/N-ethyl adjacent to an activating group) is 1. The lowest BCUT2D eigenvalue weighted by Crippen LogP contribution is -2.39. The van der Waals surface area contributed by atoms with Crippen LogP contribution >= 0.6 is 0 Å². The molecule has 0 aliphatic heterocycles. The molecule has 3 rings (SSSR count). The van der Waals surface area contributed by atoms with Gasteiger partial charge in [-0.05, 0) is 18.6 Å². The first kappa shape index (κ1) is 23.6. The maximum absolute atomic E-state index is 13.1. The Labute approximate surface area is 190 Å². The molecule has 0 saturated carbocycles. The molecule has 1 aromatic carbocycles. The number of carbonyl (C=O) groups is 3. The lowest BCUT2D eigenvalue weighted by molar-refractivity contribution is -0.129. The van der Waals surface area contributed by atoms with Gasteiger partial charge in [0.15, 0.2) is 5.69 Å². The molecule has 0 spiro atoms. The predicted octanol–water partition coefficient (Wildman–Crippen LogP) is 0.699. The fourth-order valence-corrected chi connectivity index (χ4v) is 3.01. The smallest absolute Gasteiger partial charge is 0.273 e. The first-order chi connectivity index (χ1) is 15.9. The maximum atomic E-state index is 13.1. The molecule has 12 heteroatoms. The van der Waals surface area contributed by atoms with E-state index in [-0.39, 0.29) is 30.6 Å². The van der Waals surface area contributed by atoms with Crippen molar-refractivity contribution in [3.63, 3.8) is 0 Å². The molecule has 0 atom stereocenters. The Bertz CT molecular complexity index is 1090. The quantitative estimate of drug-likeness (QED) is 0.472. The van der Waals surface area contributed by atoms with Crippen LogP contribution in [0.4, 0.5) is 0 Å². The Kier molecular flexibility index (Phi) is 7.84. The summed E-state index contributed by atoms with van der Waals surface area (Å²) in [5.74, 6) is -0.352. The SMILES string of the molecule is CCCN(CCNC(=O)c1cn(CC(=O)N(C)C)nn1)C(=O)c1cccc(-c2ncon2)c1. The van der Waals surface area contributed by atoms with Gasteiger partial charge in [0.1, 0.15) is 6.54 Å². The highest BCUT2D eigenvalue weighted by Gasteiger charge is 2.18. The number of carbonyl (C=O) groups excluding carboxylic acids is 3. The lowest BCUT2D eigenvalue weighted by Gasteiger charge is -2.22. The molecule has 33 heavy (non-hydrogen) atoms. The van der Waals surface area contributed by atoms with Crippen LogP contribution in [-0.4, -0.2) is 86.4 Å². The molecule has 0 fully saturated rings. The van der Waals surface area contributed by atoms with Crippen molar-refractivity contribution in [1.82, 2.24) is 40.3 Å². The number of hydrogen-bond donors (Lipinski definition) is 1. The molecule has 1 N–H and O–H groups in total. The minimum atomic E-state index is -0.429. The second-order valence-corrected chi connectivity index (χ2v) is 7.47. The molecule has 0 bridgehead atoms. The van der Waals surface area contributed by atoms with E-state index in [9.17, 15) is 14.4 Å². The Hall–Kier alpha value is -4.09. The van der Waals surface area contributed by atoms with Gasteiger partial charge in [-0.1, -0.05) is 29.4 Å². The second-order valence-electron chi connectivity index (χ2n) is 7.47. The van der Waals surface area contributed by atoms with Crippen molar-refractivity contribution >= 4 is 17.7 Å². The van der Waals surface area contributed by atoms with Crippen LogP contribution in [0.15, 0.2) is 41.4 Å². The predicted molar refractivity (Wildman–Crippen MR) is 117 cm³/mol. The third kappa shape index (κ3) is 6.21. The summed E-state index contributed by atoms with van der Waals surface area (Å²) < 4.78 is 6.08. The Balaban J connectivity index is 1.58. The van der Waals surface area contributed by atoms with E-state index in [1.807, 2.05) is 6.92 Å². The number of hydrogen-bond acceptors (Lipinski definition) is 8. The fourth-order valence-electron chi connectivity index (χ4n) is 3.01. The first-order valence-corrected chi connectivity index (χ1v) is 10.4. The molecule has 0 aliphatic carbocycles. The van der Waals surface area contributed by atoms with E-state index in [4.69, 9.17) is 4.52 Å². The molecule has 174 valence electrons. The molecule has 0 aliphatic rings. The highest BCUT2D eigenvalue weighted by Crippen LogP contribution is 2.17.